The van der Waals surface area contributed by atoms with Gasteiger partial charge in [0.05, 0.1) is 6.61 Å². The summed E-state index contributed by atoms with van der Waals surface area (Å²) in [6, 6.07) is 9.49. The van der Waals surface area contributed by atoms with E-state index < -0.39 is 10.9 Å². The van der Waals surface area contributed by atoms with E-state index in [0.717, 1.165) is 5.69 Å². The number of nitrogen functional groups attached to an aromatic ring is 1. The van der Waals surface area contributed by atoms with Gasteiger partial charge in [0.1, 0.15) is 0 Å². The highest BCUT2D eigenvalue weighted by molar-refractivity contribution is 7.70. The molecule has 0 aliphatic heterocycles. The van der Waals surface area contributed by atoms with Crippen molar-refractivity contribution in [2.45, 2.75) is 0 Å². The van der Waals surface area contributed by atoms with Crippen LogP contribution in [-0.4, -0.2) is 26.7 Å². The number of benzene rings is 1. The summed E-state index contributed by atoms with van der Waals surface area (Å²) in [5, 5.41) is 7.99. The van der Waals surface area contributed by atoms with E-state index in [4.69, 9.17) is 10.8 Å². The van der Waals surface area contributed by atoms with E-state index >= 15 is 0 Å². The summed E-state index contributed by atoms with van der Waals surface area (Å²) in [5.41, 5.74) is 6.18. The monoisotopic (exact) mass is 218 g/mol. The molecule has 0 aromatic heterocycles. The average molecular weight is 218 g/mol. The minimum absolute atomic E-state index is 0.110. The van der Waals surface area contributed by atoms with Crippen molar-refractivity contribution in [1.29, 1.82) is 0 Å². The van der Waals surface area contributed by atoms with E-state index in [9.17, 15) is 8.42 Å². The molecule has 1 aromatic rings. The lowest BCUT2D eigenvalue weighted by atomic mass is 10.3. The fourth-order valence-electron chi connectivity index (χ4n) is 0.594. The van der Waals surface area contributed by atoms with E-state index in [1.165, 1.54) is 0 Å². The molecule has 5 nitrogen and oxygen atoms in total. The van der Waals surface area contributed by atoms with Crippen LogP contribution in [0.3, 0.4) is 0 Å². The van der Waals surface area contributed by atoms with Crippen LogP contribution in [0.4, 0.5) is 5.69 Å². The Morgan fingerprint density at radius 2 is 1.86 bits per heavy atom. The molecule has 0 aliphatic carbocycles. The predicted octanol–water partition coefficient (Wildman–Crippen LogP) is -0.637. The topological polar surface area (TPSA) is 92.4 Å². The first kappa shape index (κ1) is 12.9. The van der Waals surface area contributed by atoms with Gasteiger partial charge in [-0.15, -0.1) is 0 Å². The van der Waals surface area contributed by atoms with Crippen LogP contribution in [-0.2, 0) is 10.9 Å². The lowest BCUT2D eigenvalue weighted by Gasteiger charge is -1.85. The molecular weight excluding hydrogens is 204 g/mol. The average Bonchev–Trinajstić information content (AvgIpc) is 2.17. The number of aliphatic hydroxyl groups excluding tert-OH is 1. The van der Waals surface area contributed by atoms with Crippen molar-refractivity contribution < 1.29 is 13.5 Å². The second kappa shape index (κ2) is 8.49. The Morgan fingerprint density at radius 1 is 1.29 bits per heavy atom. The van der Waals surface area contributed by atoms with Crippen molar-refractivity contribution in [2.24, 2.45) is 0 Å². The van der Waals surface area contributed by atoms with Crippen LogP contribution in [0.2, 0.25) is 0 Å². The highest BCUT2D eigenvalue weighted by Crippen LogP contribution is 1.95. The van der Waals surface area contributed by atoms with E-state index in [-0.39, 0.29) is 13.2 Å². The summed E-state index contributed by atoms with van der Waals surface area (Å²) in [7, 11) is -2.52. The zero-order chi connectivity index (χ0) is 10.8. The number of aliphatic hydroxyl groups is 1. The number of rotatable bonds is 3. The van der Waals surface area contributed by atoms with Gasteiger partial charge >= 0.3 is 0 Å². The maximum absolute atomic E-state index is 9.57. The van der Waals surface area contributed by atoms with Gasteiger partial charge in [-0.1, -0.05) is 18.2 Å². The maximum atomic E-state index is 9.57. The van der Waals surface area contributed by atoms with Gasteiger partial charge in [-0.05, 0) is 12.1 Å². The Kier molecular flexibility index (Phi) is 7.81. The molecule has 0 bridgehead atoms. The molecule has 0 spiro atoms. The Bertz CT molecular complexity index is 293. The second-order valence-corrected chi connectivity index (χ2v) is 3.13. The van der Waals surface area contributed by atoms with Gasteiger partial charge in [0.15, 0.2) is 0 Å². The number of nitrogens with two attached hydrogens (primary N) is 1. The standard InChI is InChI=1S/C6H7N.C2H7NO3S/c7-6-4-2-1-3-5-6;4-2-1-3-7(5)6/h1-5H,7H2;4,7H,1-2H2,(H,3,5,6). The normalized spacial score (nSPS) is 9.29. The Balaban J connectivity index is 0.000000241. The van der Waals surface area contributed by atoms with Crippen LogP contribution in [0.25, 0.3) is 0 Å². The van der Waals surface area contributed by atoms with Gasteiger partial charge in [-0.3, -0.25) is 0 Å². The van der Waals surface area contributed by atoms with E-state index in [2.05, 4.69) is 0 Å². The first-order valence-corrected chi connectivity index (χ1v) is 5.14. The SMILES string of the molecule is Nc1ccccc1.O=[SH](=O)NCCO. The minimum atomic E-state index is -2.52. The molecule has 14 heavy (non-hydrogen) atoms. The number of nitrogens with one attached hydrogen (secondary N) is 1. The molecule has 0 radical (unpaired) electrons. The van der Waals surface area contributed by atoms with Crippen LogP contribution in [0.1, 0.15) is 0 Å². The first-order chi connectivity index (χ1) is 6.66. The van der Waals surface area contributed by atoms with Gasteiger partial charge in [-0.2, -0.15) is 0 Å². The highest BCUT2D eigenvalue weighted by Gasteiger charge is 1.78. The molecule has 0 saturated carbocycles. The maximum Gasteiger partial charge on any atom is 0.201 e. The molecule has 1 aromatic carbocycles. The minimum Gasteiger partial charge on any atom is -0.399 e. The zero-order valence-electron chi connectivity index (χ0n) is 7.59. The summed E-state index contributed by atoms with van der Waals surface area (Å²) in [5.74, 6) is 0. The number of hydrogen-bond acceptors (Lipinski definition) is 4. The van der Waals surface area contributed by atoms with Gasteiger partial charge in [0.25, 0.3) is 0 Å². The molecule has 0 aliphatic rings. The van der Waals surface area contributed by atoms with E-state index in [1.54, 1.807) is 0 Å². The summed E-state index contributed by atoms with van der Waals surface area (Å²) in [4.78, 5) is 0. The molecule has 6 heteroatoms. The van der Waals surface area contributed by atoms with Crippen molar-refractivity contribution >= 4 is 16.6 Å². The van der Waals surface area contributed by atoms with E-state index in [1.807, 2.05) is 35.1 Å². The molecule has 0 unspecified atom stereocenters. The third-order valence-corrected chi connectivity index (χ3v) is 1.63. The second-order valence-electron chi connectivity index (χ2n) is 2.30. The van der Waals surface area contributed by atoms with Gasteiger partial charge in [0.2, 0.25) is 10.9 Å². The van der Waals surface area contributed by atoms with Crippen LogP contribution >= 0.6 is 0 Å². The molecule has 0 saturated heterocycles. The number of para-hydroxylation sites is 1. The summed E-state index contributed by atoms with van der Waals surface area (Å²) in [6.07, 6.45) is 0. The van der Waals surface area contributed by atoms with Crippen molar-refractivity contribution in [2.75, 3.05) is 18.9 Å². The fourth-order valence-corrected chi connectivity index (χ4v) is 0.877. The first-order valence-electron chi connectivity index (χ1n) is 3.96. The van der Waals surface area contributed by atoms with Crippen molar-refractivity contribution in [1.82, 2.24) is 4.72 Å². The lowest BCUT2D eigenvalue weighted by Crippen LogP contribution is -2.15. The molecule has 0 atom stereocenters. The fraction of sp³-hybridized carbons (Fsp3) is 0.250. The zero-order valence-corrected chi connectivity index (χ0v) is 8.48. The van der Waals surface area contributed by atoms with Gasteiger partial charge < -0.3 is 10.8 Å². The van der Waals surface area contributed by atoms with Crippen LogP contribution < -0.4 is 10.5 Å². The quantitative estimate of drug-likeness (QED) is 0.401. The molecule has 0 amide bonds. The molecule has 1 rings (SSSR count). The van der Waals surface area contributed by atoms with Crippen LogP contribution in [0.15, 0.2) is 30.3 Å². The Hall–Kier alpha value is -1.11. The molecule has 80 valence electrons. The molecule has 4 N–H and O–H groups in total. The van der Waals surface area contributed by atoms with Crippen molar-refractivity contribution in [3.8, 4) is 0 Å². The van der Waals surface area contributed by atoms with Crippen molar-refractivity contribution in [3.05, 3.63) is 30.3 Å². The predicted molar refractivity (Wildman–Crippen MR) is 56.3 cm³/mol. The largest absolute Gasteiger partial charge is 0.399 e. The third kappa shape index (κ3) is 8.98. The number of hydrogen-bond donors (Lipinski definition) is 4. The van der Waals surface area contributed by atoms with Crippen LogP contribution in [0.5, 0.6) is 0 Å². The van der Waals surface area contributed by atoms with E-state index in [0.29, 0.717) is 0 Å². The summed E-state index contributed by atoms with van der Waals surface area (Å²) in [6.45, 7) is -0.0397. The highest BCUT2D eigenvalue weighted by atomic mass is 32.2. The molecule has 0 fully saturated rings. The molecule has 0 heterocycles. The number of anilines is 1. The van der Waals surface area contributed by atoms with Crippen LogP contribution in [0, 0.1) is 0 Å². The third-order valence-electron chi connectivity index (χ3n) is 1.15. The Labute approximate surface area is 84.6 Å². The summed E-state index contributed by atoms with van der Waals surface area (Å²) < 4.78 is 21.1. The van der Waals surface area contributed by atoms with Gasteiger partial charge in [0, 0.05) is 12.2 Å². The summed E-state index contributed by atoms with van der Waals surface area (Å²) >= 11 is 0. The van der Waals surface area contributed by atoms with Gasteiger partial charge in [-0.25, -0.2) is 13.1 Å². The number of thiol groups is 1. The lowest BCUT2D eigenvalue weighted by molar-refractivity contribution is 0.301. The van der Waals surface area contributed by atoms with Crippen molar-refractivity contribution in [3.63, 3.8) is 0 Å². The smallest absolute Gasteiger partial charge is 0.201 e. The molecular formula is C8H14N2O3S. The Morgan fingerprint density at radius 3 is 2.07 bits per heavy atom.